The van der Waals surface area contributed by atoms with Crippen LogP contribution in [0.15, 0.2) is 0 Å². The van der Waals surface area contributed by atoms with Crippen molar-refractivity contribution in [2.45, 2.75) is 37.8 Å². The molecule has 1 aliphatic rings. The number of hydrogen-bond acceptors (Lipinski definition) is 2. The number of carbonyl (C=O) groups is 1. The number of halogens is 1. The summed E-state index contributed by atoms with van der Waals surface area (Å²) in [6.45, 7) is 1.89. The zero-order valence-electron chi connectivity index (χ0n) is 7.04. The zero-order valence-corrected chi connectivity index (χ0v) is 7.86. The molecular formula is C7H15ClN2O2. The summed E-state index contributed by atoms with van der Waals surface area (Å²) in [6.07, 6.45) is 1.79. The van der Waals surface area contributed by atoms with Crippen LogP contribution in [0.5, 0.6) is 0 Å². The highest BCUT2D eigenvalue weighted by Gasteiger charge is 2.35. The van der Waals surface area contributed by atoms with E-state index in [0.717, 1.165) is 19.3 Å². The molecule has 4 nitrogen and oxygen atoms in total. The van der Waals surface area contributed by atoms with Gasteiger partial charge in [-0.2, -0.15) is 0 Å². The molecule has 5 heteroatoms. The summed E-state index contributed by atoms with van der Waals surface area (Å²) in [6, 6.07) is -0.0694. The standard InChI is InChI=1S/C7H14N2O2.ClH/c1-7(8)4-2-3-5(7)9-6(10)11;/h5,9H,2-4,8H2,1H3,(H,10,11);1H. The van der Waals surface area contributed by atoms with Gasteiger partial charge in [-0.15, -0.1) is 12.4 Å². The quantitative estimate of drug-likeness (QED) is 0.582. The molecule has 1 amide bonds. The molecule has 1 rings (SSSR count). The molecular weight excluding hydrogens is 180 g/mol. The van der Waals surface area contributed by atoms with E-state index in [0.29, 0.717) is 0 Å². The van der Waals surface area contributed by atoms with E-state index in [1.165, 1.54) is 0 Å². The van der Waals surface area contributed by atoms with Gasteiger partial charge in [0, 0.05) is 11.6 Å². The fraction of sp³-hybridized carbons (Fsp3) is 0.857. The van der Waals surface area contributed by atoms with Crippen LogP contribution in [0.4, 0.5) is 4.79 Å². The van der Waals surface area contributed by atoms with Gasteiger partial charge in [-0.3, -0.25) is 0 Å². The highest BCUT2D eigenvalue weighted by atomic mass is 35.5. The van der Waals surface area contributed by atoms with Gasteiger partial charge in [-0.25, -0.2) is 4.79 Å². The largest absolute Gasteiger partial charge is 0.465 e. The van der Waals surface area contributed by atoms with E-state index < -0.39 is 6.09 Å². The summed E-state index contributed by atoms with van der Waals surface area (Å²) in [7, 11) is 0. The predicted octanol–water partition coefficient (Wildman–Crippen LogP) is 0.946. The second-order valence-electron chi connectivity index (χ2n) is 3.40. The molecule has 0 aliphatic heterocycles. The summed E-state index contributed by atoms with van der Waals surface area (Å²) in [5, 5.41) is 10.9. The van der Waals surface area contributed by atoms with Crippen molar-refractivity contribution in [3.8, 4) is 0 Å². The second-order valence-corrected chi connectivity index (χ2v) is 3.40. The molecule has 4 N–H and O–H groups in total. The molecule has 0 heterocycles. The van der Waals surface area contributed by atoms with Crippen LogP contribution in [-0.2, 0) is 0 Å². The van der Waals surface area contributed by atoms with Crippen LogP contribution in [0.25, 0.3) is 0 Å². The fourth-order valence-corrected chi connectivity index (χ4v) is 1.58. The van der Waals surface area contributed by atoms with E-state index in [1.54, 1.807) is 0 Å². The average molecular weight is 195 g/mol. The van der Waals surface area contributed by atoms with Crippen molar-refractivity contribution in [3.63, 3.8) is 0 Å². The topological polar surface area (TPSA) is 75.3 Å². The molecule has 0 radical (unpaired) electrons. The van der Waals surface area contributed by atoms with Crippen LogP contribution in [0.3, 0.4) is 0 Å². The Labute approximate surface area is 77.9 Å². The zero-order chi connectivity index (χ0) is 8.48. The van der Waals surface area contributed by atoms with Crippen LogP contribution in [0.1, 0.15) is 26.2 Å². The van der Waals surface area contributed by atoms with Gasteiger partial charge in [0.2, 0.25) is 0 Å². The maximum atomic E-state index is 10.3. The first kappa shape index (κ1) is 11.5. The molecule has 1 saturated carbocycles. The van der Waals surface area contributed by atoms with Crippen molar-refractivity contribution in [2.75, 3.05) is 0 Å². The Hall–Kier alpha value is -0.480. The van der Waals surface area contributed by atoms with Crippen LogP contribution < -0.4 is 11.1 Å². The third-order valence-electron chi connectivity index (χ3n) is 2.30. The summed E-state index contributed by atoms with van der Waals surface area (Å²) in [4.78, 5) is 10.3. The molecule has 12 heavy (non-hydrogen) atoms. The SMILES string of the molecule is CC1(N)CCCC1NC(=O)O.Cl. The first-order valence-corrected chi connectivity index (χ1v) is 3.81. The Balaban J connectivity index is 0.00000121. The molecule has 0 aromatic rings. The van der Waals surface area contributed by atoms with Crippen molar-refractivity contribution in [2.24, 2.45) is 5.73 Å². The predicted molar refractivity (Wildman–Crippen MR) is 48.6 cm³/mol. The normalized spacial score (nSPS) is 34.0. The molecule has 0 bridgehead atoms. The van der Waals surface area contributed by atoms with Crippen LogP contribution >= 0.6 is 12.4 Å². The van der Waals surface area contributed by atoms with E-state index in [-0.39, 0.29) is 24.0 Å². The lowest BCUT2D eigenvalue weighted by atomic mass is 9.98. The number of hydrogen-bond donors (Lipinski definition) is 3. The van der Waals surface area contributed by atoms with Gasteiger partial charge in [0.25, 0.3) is 0 Å². The first-order valence-electron chi connectivity index (χ1n) is 3.81. The summed E-state index contributed by atoms with van der Waals surface area (Å²) >= 11 is 0. The van der Waals surface area contributed by atoms with Crippen molar-refractivity contribution in [1.82, 2.24) is 5.32 Å². The molecule has 2 atom stereocenters. The van der Waals surface area contributed by atoms with E-state index in [2.05, 4.69) is 5.32 Å². The highest BCUT2D eigenvalue weighted by molar-refractivity contribution is 5.85. The number of nitrogens with one attached hydrogen (secondary N) is 1. The third kappa shape index (κ3) is 2.53. The fourth-order valence-electron chi connectivity index (χ4n) is 1.58. The van der Waals surface area contributed by atoms with Crippen molar-refractivity contribution < 1.29 is 9.90 Å². The minimum Gasteiger partial charge on any atom is -0.465 e. The van der Waals surface area contributed by atoms with Crippen LogP contribution in [0.2, 0.25) is 0 Å². The lowest BCUT2D eigenvalue weighted by Crippen LogP contribution is -2.52. The molecule has 0 aromatic carbocycles. The Morgan fingerprint density at radius 3 is 2.67 bits per heavy atom. The number of rotatable bonds is 1. The van der Waals surface area contributed by atoms with Gasteiger partial charge in [0.15, 0.2) is 0 Å². The van der Waals surface area contributed by atoms with Gasteiger partial charge in [0.05, 0.1) is 0 Å². The van der Waals surface area contributed by atoms with E-state index >= 15 is 0 Å². The van der Waals surface area contributed by atoms with Gasteiger partial charge in [-0.05, 0) is 26.2 Å². The minimum atomic E-state index is -0.978. The smallest absolute Gasteiger partial charge is 0.404 e. The molecule has 0 spiro atoms. The van der Waals surface area contributed by atoms with Crippen LogP contribution in [-0.4, -0.2) is 22.8 Å². The van der Waals surface area contributed by atoms with Gasteiger partial charge < -0.3 is 16.2 Å². The molecule has 0 aromatic heterocycles. The summed E-state index contributed by atoms with van der Waals surface area (Å²) in [5.41, 5.74) is 5.50. The summed E-state index contributed by atoms with van der Waals surface area (Å²) in [5.74, 6) is 0. The van der Waals surface area contributed by atoms with Gasteiger partial charge >= 0.3 is 6.09 Å². The minimum absolute atomic E-state index is 0. The van der Waals surface area contributed by atoms with E-state index in [9.17, 15) is 4.79 Å². The van der Waals surface area contributed by atoms with Crippen LogP contribution in [0, 0.1) is 0 Å². The van der Waals surface area contributed by atoms with Crippen molar-refractivity contribution >= 4 is 18.5 Å². The number of amides is 1. The Kier molecular flexibility index (Phi) is 3.80. The maximum absolute atomic E-state index is 10.3. The lowest BCUT2D eigenvalue weighted by molar-refractivity contribution is 0.185. The molecule has 0 saturated heterocycles. The second kappa shape index (κ2) is 3.96. The monoisotopic (exact) mass is 194 g/mol. The molecule has 1 aliphatic carbocycles. The maximum Gasteiger partial charge on any atom is 0.404 e. The number of carboxylic acid groups (broad SMARTS) is 1. The average Bonchev–Trinajstić information content (AvgIpc) is 2.10. The Morgan fingerprint density at radius 2 is 2.33 bits per heavy atom. The van der Waals surface area contributed by atoms with Crippen molar-refractivity contribution in [3.05, 3.63) is 0 Å². The number of nitrogens with two attached hydrogens (primary N) is 1. The molecule has 2 unspecified atom stereocenters. The summed E-state index contributed by atoms with van der Waals surface area (Å²) < 4.78 is 0. The first-order chi connectivity index (χ1) is 5.02. The van der Waals surface area contributed by atoms with Gasteiger partial charge in [0.1, 0.15) is 0 Å². The van der Waals surface area contributed by atoms with E-state index in [4.69, 9.17) is 10.8 Å². The Bertz CT molecular complexity index is 173. The molecule has 72 valence electrons. The third-order valence-corrected chi connectivity index (χ3v) is 2.30. The molecule has 1 fully saturated rings. The lowest BCUT2D eigenvalue weighted by Gasteiger charge is -2.26. The van der Waals surface area contributed by atoms with E-state index in [1.807, 2.05) is 6.92 Å². The van der Waals surface area contributed by atoms with Crippen molar-refractivity contribution in [1.29, 1.82) is 0 Å². The van der Waals surface area contributed by atoms with Gasteiger partial charge in [-0.1, -0.05) is 0 Å². The Morgan fingerprint density at radius 1 is 1.75 bits per heavy atom. The highest BCUT2D eigenvalue weighted by Crippen LogP contribution is 2.26.